The summed E-state index contributed by atoms with van der Waals surface area (Å²) in [6.07, 6.45) is 3.25. The van der Waals surface area contributed by atoms with E-state index < -0.39 is 0 Å². The van der Waals surface area contributed by atoms with E-state index in [0.29, 0.717) is 0 Å². The minimum Gasteiger partial charge on any atom is -0.373 e. The number of hydrogen-bond acceptors (Lipinski definition) is 2. The Kier molecular flexibility index (Phi) is 2.87. The van der Waals surface area contributed by atoms with E-state index in [0.717, 1.165) is 39.0 Å². The fraction of sp³-hybridized carbons (Fsp3) is 0.909. The maximum Gasteiger partial charge on any atom is 0.317 e. The molecule has 2 fully saturated rings. The van der Waals surface area contributed by atoms with E-state index in [1.165, 1.54) is 0 Å². The summed E-state index contributed by atoms with van der Waals surface area (Å²) in [4.78, 5) is 13.6. The van der Waals surface area contributed by atoms with E-state index in [4.69, 9.17) is 4.74 Å². The molecule has 1 atom stereocenters. The standard InChI is InChI=1S/C11H20N2O2/c1-9(2)12-10(14)13-6-5-11(8-13)4-3-7-15-11/h9H,3-8H2,1-2H3,(H,12,14)/t11-/m1/s1. The first kappa shape index (κ1) is 10.7. The Morgan fingerprint density at radius 2 is 2.27 bits per heavy atom. The van der Waals surface area contributed by atoms with Crippen LogP contribution in [0.25, 0.3) is 0 Å². The Balaban J connectivity index is 1.89. The van der Waals surface area contributed by atoms with Crippen LogP contribution < -0.4 is 5.32 Å². The molecule has 0 aliphatic carbocycles. The zero-order valence-electron chi connectivity index (χ0n) is 9.58. The van der Waals surface area contributed by atoms with Crippen LogP contribution >= 0.6 is 0 Å². The second-order valence-corrected chi connectivity index (χ2v) is 4.91. The highest BCUT2D eigenvalue weighted by Gasteiger charge is 2.43. The van der Waals surface area contributed by atoms with Crippen LogP contribution in [-0.4, -0.2) is 42.3 Å². The predicted molar refractivity (Wildman–Crippen MR) is 57.8 cm³/mol. The van der Waals surface area contributed by atoms with Crippen molar-refractivity contribution >= 4 is 6.03 Å². The first-order valence-electron chi connectivity index (χ1n) is 5.81. The molecule has 0 radical (unpaired) electrons. The summed E-state index contributed by atoms with van der Waals surface area (Å²) in [6.45, 7) is 6.43. The molecule has 2 amide bonds. The molecule has 0 bridgehead atoms. The van der Waals surface area contributed by atoms with E-state index in [2.05, 4.69) is 5.32 Å². The van der Waals surface area contributed by atoms with Crippen LogP contribution in [0.4, 0.5) is 4.79 Å². The van der Waals surface area contributed by atoms with Crippen molar-refractivity contribution < 1.29 is 9.53 Å². The summed E-state index contributed by atoms with van der Waals surface area (Å²) in [5.74, 6) is 0. The monoisotopic (exact) mass is 212 g/mol. The van der Waals surface area contributed by atoms with Gasteiger partial charge in [0.25, 0.3) is 0 Å². The molecule has 4 heteroatoms. The van der Waals surface area contributed by atoms with Gasteiger partial charge in [0.05, 0.1) is 12.1 Å². The number of rotatable bonds is 1. The Bertz CT molecular complexity index is 247. The molecule has 1 N–H and O–H groups in total. The average molecular weight is 212 g/mol. The number of urea groups is 1. The highest BCUT2D eigenvalue weighted by Crippen LogP contribution is 2.34. The van der Waals surface area contributed by atoms with Gasteiger partial charge in [-0.05, 0) is 33.1 Å². The lowest BCUT2D eigenvalue weighted by Gasteiger charge is -2.23. The summed E-state index contributed by atoms with van der Waals surface area (Å²) >= 11 is 0. The smallest absolute Gasteiger partial charge is 0.317 e. The van der Waals surface area contributed by atoms with E-state index in [-0.39, 0.29) is 17.7 Å². The quantitative estimate of drug-likeness (QED) is 0.713. The number of carbonyl (C=O) groups excluding carboxylic acids is 1. The molecule has 2 saturated heterocycles. The van der Waals surface area contributed by atoms with Gasteiger partial charge in [-0.15, -0.1) is 0 Å². The first-order valence-corrected chi connectivity index (χ1v) is 5.81. The Hall–Kier alpha value is -0.770. The van der Waals surface area contributed by atoms with Crippen molar-refractivity contribution in [3.8, 4) is 0 Å². The molecule has 1 spiro atoms. The molecule has 86 valence electrons. The van der Waals surface area contributed by atoms with Crippen LogP contribution in [0.2, 0.25) is 0 Å². The van der Waals surface area contributed by atoms with E-state index in [9.17, 15) is 4.79 Å². The van der Waals surface area contributed by atoms with Crippen LogP contribution in [0.15, 0.2) is 0 Å². The topological polar surface area (TPSA) is 41.6 Å². The number of nitrogens with one attached hydrogen (secondary N) is 1. The summed E-state index contributed by atoms with van der Waals surface area (Å²) < 4.78 is 5.77. The van der Waals surface area contributed by atoms with Gasteiger partial charge in [0.15, 0.2) is 0 Å². The highest BCUT2D eigenvalue weighted by molar-refractivity contribution is 5.74. The van der Waals surface area contributed by atoms with Gasteiger partial charge >= 0.3 is 6.03 Å². The molecular weight excluding hydrogens is 192 g/mol. The van der Waals surface area contributed by atoms with Crippen LogP contribution in [0.5, 0.6) is 0 Å². The fourth-order valence-electron chi connectivity index (χ4n) is 2.43. The van der Waals surface area contributed by atoms with Gasteiger partial charge in [0.1, 0.15) is 0 Å². The van der Waals surface area contributed by atoms with Gasteiger partial charge < -0.3 is 15.0 Å². The number of carbonyl (C=O) groups is 1. The van der Waals surface area contributed by atoms with Gasteiger partial charge in [-0.3, -0.25) is 0 Å². The van der Waals surface area contributed by atoms with E-state index in [1.54, 1.807) is 0 Å². The molecule has 0 aromatic rings. The highest BCUT2D eigenvalue weighted by atomic mass is 16.5. The van der Waals surface area contributed by atoms with Crippen molar-refractivity contribution in [2.45, 2.75) is 44.8 Å². The lowest BCUT2D eigenvalue weighted by Crippen LogP contribution is -2.43. The Morgan fingerprint density at radius 3 is 2.87 bits per heavy atom. The SMILES string of the molecule is CC(C)NC(=O)N1CC[C@]2(CCCO2)C1. The molecule has 2 aliphatic rings. The van der Waals surface area contributed by atoms with Crippen LogP contribution in [0.3, 0.4) is 0 Å². The third-order valence-electron chi connectivity index (χ3n) is 3.20. The van der Waals surface area contributed by atoms with Crippen molar-refractivity contribution in [1.82, 2.24) is 10.2 Å². The first-order chi connectivity index (χ1) is 7.11. The minimum atomic E-state index is -0.00564. The molecular formula is C11H20N2O2. The molecule has 15 heavy (non-hydrogen) atoms. The van der Waals surface area contributed by atoms with Gasteiger partial charge in [-0.2, -0.15) is 0 Å². The third kappa shape index (κ3) is 2.25. The number of hydrogen-bond donors (Lipinski definition) is 1. The minimum absolute atomic E-state index is 0.00564. The van der Waals surface area contributed by atoms with Crippen molar-refractivity contribution in [2.24, 2.45) is 0 Å². The third-order valence-corrected chi connectivity index (χ3v) is 3.20. The summed E-state index contributed by atoms with van der Waals surface area (Å²) in [7, 11) is 0. The van der Waals surface area contributed by atoms with Gasteiger partial charge in [0.2, 0.25) is 0 Å². The summed E-state index contributed by atoms with van der Waals surface area (Å²) in [5, 5.41) is 2.92. The lowest BCUT2D eigenvalue weighted by atomic mass is 10.00. The van der Waals surface area contributed by atoms with Gasteiger partial charge in [-0.25, -0.2) is 4.79 Å². The van der Waals surface area contributed by atoms with Crippen molar-refractivity contribution in [2.75, 3.05) is 19.7 Å². The second kappa shape index (κ2) is 4.00. The average Bonchev–Trinajstić information content (AvgIpc) is 2.76. The molecule has 0 unspecified atom stereocenters. The number of nitrogens with zero attached hydrogens (tertiary/aromatic N) is 1. The molecule has 2 heterocycles. The second-order valence-electron chi connectivity index (χ2n) is 4.91. The van der Waals surface area contributed by atoms with E-state index >= 15 is 0 Å². The Labute approximate surface area is 91.0 Å². The van der Waals surface area contributed by atoms with Crippen LogP contribution in [-0.2, 0) is 4.74 Å². The number of ether oxygens (including phenoxy) is 1. The maximum atomic E-state index is 11.8. The van der Waals surface area contributed by atoms with Crippen LogP contribution in [0.1, 0.15) is 33.1 Å². The van der Waals surface area contributed by atoms with Crippen LogP contribution in [0, 0.1) is 0 Å². The Morgan fingerprint density at radius 1 is 1.47 bits per heavy atom. The molecule has 4 nitrogen and oxygen atoms in total. The molecule has 0 saturated carbocycles. The maximum absolute atomic E-state index is 11.8. The molecule has 2 aliphatic heterocycles. The summed E-state index contributed by atoms with van der Waals surface area (Å²) in [5.41, 5.74) is -0.00564. The van der Waals surface area contributed by atoms with E-state index in [1.807, 2.05) is 18.7 Å². The van der Waals surface area contributed by atoms with Gasteiger partial charge in [0, 0.05) is 19.2 Å². The van der Waals surface area contributed by atoms with Gasteiger partial charge in [-0.1, -0.05) is 0 Å². The molecule has 0 aromatic carbocycles. The largest absolute Gasteiger partial charge is 0.373 e. The zero-order valence-corrected chi connectivity index (χ0v) is 9.58. The zero-order chi connectivity index (χ0) is 10.9. The summed E-state index contributed by atoms with van der Waals surface area (Å²) in [6, 6.07) is 0.260. The molecule has 2 rings (SSSR count). The normalized spacial score (nSPS) is 30.5. The fourth-order valence-corrected chi connectivity index (χ4v) is 2.43. The molecule has 0 aromatic heterocycles. The van der Waals surface area contributed by atoms with Crippen molar-refractivity contribution in [3.05, 3.63) is 0 Å². The number of likely N-dealkylation sites (tertiary alicyclic amines) is 1. The van der Waals surface area contributed by atoms with Crippen molar-refractivity contribution in [3.63, 3.8) is 0 Å². The van der Waals surface area contributed by atoms with Crippen molar-refractivity contribution in [1.29, 1.82) is 0 Å². The predicted octanol–water partition coefficient (Wildman–Crippen LogP) is 1.36. The lowest BCUT2D eigenvalue weighted by molar-refractivity contribution is 0.0152. The number of amides is 2.